The quantitative estimate of drug-likeness (QED) is 0.855. The maximum atomic E-state index is 8.86. The second-order valence-electron chi connectivity index (χ2n) is 3.88. The van der Waals surface area contributed by atoms with Gasteiger partial charge in [-0.3, -0.25) is 0 Å². The van der Waals surface area contributed by atoms with Gasteiger partial charge in [0.25, 0.3) is 0 Å². The Morgan fingerprint density at radius 1 is 1.50 bits per heavy atom. The van der Waals surface area contributed by atoms with Gasteiger partial charge in [-0.2, -0.15) is 0 Å². The van der Waals surface area contributed by atoms with Crippen molar-refractivity contribution >= 4 is 27.4 Å². The van der Waals surface area contributed by atoms with Crippen molar-refractivity contribution in [3.8, 4) is 0 Å². The van der Waals surface area contributed by atoms with Crippen molar-refractivity contribution in [2.45, 2.75) is 26.3 Å². The molecule has 1 atom stereocenters. The van der Waals surface area contributed by atoms with Gasteiger partial charge in [0.05, 0.1) is 10.2 Å². The standard InChI is InChI=1S/C11H15N3OS/c1-7-5-16-10-9(7)12-6-13-11(10)14-8(2)3-4-15/h5-6,8,15H,3-4H2,1-2H3,(H,12,13,14). The molecule has 0 saturated heterocycles. The minimum Gasteiger partial charge on any atom is -0.396 e. The lowest BCUT2D eigenvalue weighted by Crippen LogP contribution is -2.17. The molecule has 0 bridgehead atoms. The number of nitrogens with one attached hydrogen (secondary N) is 1. The number of nitrogens with zero attached hydrogens (tertiary/aromatic N) is 2. The van der Waals surface area contributed by atoms with Gasteiger partial charge in [-0.05, 0) is 31.2 Å². The molecule has 1 unspecified atom stereocenters. The number of aliphatic hydroxyl groups excluding tert-OH is 1. The lowest BCUT2D eigenvalue weighted by atomic mass is 10.2. The molecule has 0 spiro atoms. The van der Waals surface area contributed by atoms with Crippen LogP contribution in [-0.4, -0.2) is 27.7 Å². The highest BCUT2D eigenvalue weighted by atomic mass is 32.1. The van der Waals surface area contributed by atoms with Crippen LogP contribution in [0.4, 0.5) is 5.82 Å². The Morgan fingerprint density at radius 2 is 2.31 bits per heavy atom. The van der Waals surface area contributed by atoms with Crippen LogP contribution < -0.4 is 5.32 Å². The molecule has 0 saturated carbocycles. The van der Waals surface area contributed by atoms with Crippen LogP contribution in [0.5, 0.6) is 0 Å². The van der Waals surface area contributed by atoms with Gasteiger partial charge in [-0.1, -0.05) is 0 Å². The van der Waals surface area contributed by atoms with Crippen molar-refractivity contribution in [3.63, 3.8) is 0 Å². The van der Waals surface area contributed by atoms with Gasteiger partial charge in [-0.25, -0.2) is 9.97 Å². The molecule has 0 aliphatic heterocycles. The van der Waals surface area contributed by atoms with Crippen LogP contribution in [0.2, 0.25) is 0 Å². The molecule has 2 aromatic rings. The average molecular weight is 237 g/mol. The molecular weight excluding hydrogens is 222 g/mol. The molecule has 4 nitrogen and oxygen atoms in total. The number of rotatable bonds is 4. The monoisotopic (exact) mass is 237 g/mol. The fraction of sp³-hybridized carbons (Fsp3) is 0.455. The molecule has 0 aliphatic carbocycles. The van der Waals surface area contributed by atoms with Crippen LogP contribution in [0.3, 0.4) is 0 Å². The minimum absolute atomic E-state index is 0.186. The van der Waals surface area contributed by atoms with Gasteiger partial charge >= 0.3 is 0 Å². The van der Waals surface area contributed by atoms with Crippen molar-refractivity contribution in [2.75, 3.05) is 11.9 Å². The van der Waals surface area contributed by atoms with Gasteiger partial charge in [0, 0.05) is 12.6 Å². The van der Waals surface area contributed by atoms with E-state index in [4.69, 9.17) is 5.11 Å². The van der Waals surface area contributed by atoms with Gasteiger partial charge in [-0.15, -0.1) is 11.3 Å². The summed E-state index contributed by atoms with van der Waals surface area (Å²) in [6.45, 7) is 4.27. The third-order valence-electron chi connectivity index (χ3n) is 2.48. The van der Waals surface area contributed by atoms with Crippen LogP contribution >= 0.6 is 11.3 Å². The van der Waals surface area contributed by atoms with E-state index < -0.39 is 0 Å². The van der Waals surface area contributed by atoms with Gasteiger partial charge in [0.2, 0.25) is 0 Å². The molecule has 86 valence electrons. The normalized spacial score (nSPS) is 12.9. The zero-order valence-electron chi connectivity index (χ0n) is 9.40. The molecule has 16 heavy (non-hydrogen) atoms. The highest BCUT2D eigenvalue weighted by molar-refractivity contribution is 7.18. The number of hydrogen-bond acceptors (Lipinski definition) is 5. The SMILES string of the molecule is Cc1csc2c(NC(C)CCO)ncnc12. The first-order chi connectivity index (χ1) is 7.72. The van der Waals surface area contributed by atoms with Crippen molar-refractivity contribution in [2.24, 2.45) is 0 Å². The van der Waals surface area contributed by atoms with Crippen molar-refractivity contribution in [1.82, 2.24) is 9.97 Å². The Hall–Kier alpha value is -1.20. The van der Waals surface area contributed by atoms with E-state index in [1.165, 1.54) is 5.56 Å². The summed E-state index contributed by atoms with van der Waals surface area (Å²) in [6.07, 6.45) is 2.30. The lowest BCUT2D eigenvalue weighted by Gasteiger charge is -2.13. The van der Waals surface area contributed by atoms with Crippen molar-refractivity contribution in [3.05, 3.63) is 17.3 Å². The van der Waals surface area contributed by atoms with E-state index in [2.05, 4.69) is 20.7 Å². The predicted octanol–water partition coefficient (Wildman–Crippen LogP) is 2.18. The molecule has 0 amide bonds. The number of aliphatic hydroxyl groups is 1. The molecule has 0 aromatic carbocycles. The smallest absolute Gasteiger partial charge is 0.147 e. The Labute approximate surface area is 98.4 Å². The van der Waals surface area contributed by atoms with E-state index in [0.717, 1.165) is 22.5 Å². The number of anilines is 1. The fourth-order valence-corrected chi connectivity index (χ4v) is 2.53. The van der Waals surface area contributed by atoms with Gasteiger partial charge < -0.3 is 10.4 Å². The summed E-state index contributed by atoms with van der Waals surface area (Å²) in [6, 6.07) is 0.213. The van der Waals surface area contributed by atoms with Crippen molar-refractivity contribution < 1.29 is 5.11 Å². The second-order valence-corrected chi connectivity index (χ2v) is 4.76. The first-order valence-electron chi connectivity index (χ1n) is 5.28. The van der Waals surface area contributed by atoms with E-state index in [1.54, 1.807) is 17.7 Å². The summed E-state index contributed by atoms with van der Waals surface area (Å²) in [5.74, 6) is 0.865. The van der Waals surface area contributed by atoms with E-state index in [0.29, 0.717) is 0 Å². The van der Waals surface area contributed by atoms with Crippen molar-refractivity contribution in [1.29, 1.82) is 0 Å². The maximum Gasteiger partial charge on any atom is 0.147 e. The summed E-state index contributed by atoms with van der Waals surface area (Å²) in [4.78, 5) is 8.51. The van der Waals surface area contributed by atoms with Gasteiger partial charge in [0.15, 0.2) is 0 Å². The Balaban J connectivity index is 2.30. The highest BCUT2D eigenvalue weighted by Crippen LogP contribution is 2.28. The third-order valence-corrected chi connectivity index (χ3v) is 3.57. The van der Waals surface area contributed by atoms with Crippen LogP contribution in [0.1, 0.15) is 18.9 Å². The number of aryl methyl sites for hydroxylation is 1. The summed E-state index contributed by atoms with van der Waals surface area (Å²) in [5, 5.41) is 14.2. The summed E-state index contributed by atoms with van der Waals surface area (Å²) < 4.78 is 1.09. The first kappa shape index (κ1) is 11.3. The summed E-state index contributed by atoms with van der Waals surface area (Å²) in [7, 11) is 0. The molecule has 2 heterocycles. The molecule has 0 radical (unpaired) electrons. The largest absolute Gasteiger partial charge is 0.396 e. The van der Waals surface area contributed by atoms with Crippen LogP contribution in [-0.2, 0) is 0 Å². The highest BCUT2D eigenvalue weighted by Gasteiger charge is 2.09. The summed E-state index contributed by atoms with van der Waals surface area (Å²) >= 11 is 1.65. The molecule has 2 rings (SSSR count). The topological polar surface area (TPSA) is 58.0 Å². The second kappa shape index (κ2) is 4.76. The summed E-state index contributed by atoms with van der Waals surface area (Å²) in [5.41, 5.74) is 2.19. The number of thiophene rings is 1. The minimum atomic E-state index is 0.186. The average Bonchev–Trinajstić information content (AvgIpc) is 2.62. The number of fused-ring (bicyclic) bond motifs is 1. The Morgan fingerprint density at radius 3 is 3.06 bits per heavy atom. The lowest BCUT2D eigenvalue weighted by molar-refractivity contribution is 0.282. The molecule has 0 fully saturated rings. The van der Waals surface area contributed by atoms with E-state index >= 15 is 0 Å². The van der Waals surface area contributed by atoms with Gasteiger partial charge in [0.1, 0.15) is 12.1 Å². The number of aromatic nitrogens is 2. The molecular formula is C11H15N3OS. The third kappa shape index (κ3) is 2.15. The predicted molar refractivity (Wildman–Crippen MR) is 66.9 cm³/mol. The first-order valence-corrected chi connectivity index (χ1v) is 6.16. The molecule has 0 aliphatic rings. The fourth-order valence-electron chi connectivity index (χ4n) is 1.57. The Bertz CT molecular complexity index is 483. The van der Waals surface area contributed by atoms with E-state index in [9.17, 15) is 0 Å². The number of hydrogen-bond donors (Lipinski definition) is 2. The molecule has 5 heteroatoms. The molecule has 2 aromatic heterocycles. The zero-order chi connectivity index (χ0) is 11.5. The Kier molecular flexibility index (Phi) is 3.36. The molecule has 2 N–H and O–H groups in total. The van der Waals surface area contributed by atoms with Crippen LogP contribution in [0.25, 0.3) is 10.2 Å². The zero-order valence-corrected chi connectivity index (χ0v) is 10.2. The van der Waals surface area contributed by atoms with Crippen LogP contribution in [0, 0.1) is 6.92 Å². The maximum absolute atomic E-state index is 8.86. The van der Waals surface area contributed by atoms with Crippen LogP contribution in [0.15, 0.2) is 11.7 Å². The van der Waals surface area contributed by atoms with E-state index in [-0.39, 0.29) is 12.6 Å². The van der Waals surface area contributed by atoms with E-state index in [1.807, 2.05) is 13.8 Å².